The smallest absolute Gasteiger partial charge is 0.244 e. The highest BCUT2D eigenvalue weighted by molar-refractivity contribution is 5.84. The van der Waals surface area contributed by atoms with Crippen molar-refractivity contribution in [3.63, 3.8) is 0 Å². The number of hydrogen-bond donors (Lipinski definition) is 2. The number of aryl methyl sites for hydroxylation is 1. The van der Waals surface area contributed by atoms with Gasteiger partial charge in [0.25, 0.3) is 0 Å². The quantitative estimate of drug-likeness (QED) is 0.833. The van der Waals surface area contributed by atoms with Crippen molar-refractivity contribution in [2.45, 2.75) is 26.3 Å². The van der Waals surface area contributed by atoms with Crippen molar-refractivity contribution in [1.29, 1.82) is 0 Å². The van der Waals surface area contributed by atoms with Gasteiger partial charge in [-0.15, -0.1) is 0 Å². The van der Waals surface area contributed by atoms with Gasteiger partial charge in [-0.2, -0.15) is 0 Å². The van der Waals surface area contributed by atoms with Crippen molar-refractivity contribution in [2.24, 2.45) is 0 Å². The van der Waals surface area contributed by atoms with Gasteiger partial charge in [0.05, 0.1) is 13.2 Å². The van der Waals surface area contributed by atoms with E-state index in [0.29, 0.717) is 32.1 Å². The highest BCUT2D eigenvalue weighted by Gasteiger charge is 2.22. The molecule has 7 nitrogen and oxygen atoms in total. The van der Waals surface area contributed by atoms with E-state index in [9.17, 15) is 4.79 Å². The van der Waals surface area contributed by atoms with Crippen molar-refractivity contribution in [2.75, 3.05) is 44.0 Å². The molecule has 1 fully saturated rings. The minimum atomic E-state index is -0.326. The van der Waals surface area contributed by atoms with E-state index in [-0.39, 0.29) is 11.9 Å². The number of hydrogen-bond acceptors (Lipinski definition) is 6. The lowest BCUT2D eigenvalue weighted by atomic mass is 10.2. The molecule has 1 aromatic heterocycles. The van der Waals surface area contributed by atoms with Gasteiger partial charge < -0.3 is 20.3 Å². The first-order valence-electron chi connectivity index (χ1n) is 7.32. The van der Waals surface area contributed by atoms with Crippen LogP contribution in [0.15, 0.2) is 6.07 Å². The van der Waals surface area contributed by atoms with Crippen LogP contribution in [0.3, 0.4) is 0 Å². The van der Waals surface area contributed by atoms with E-state index < -0.39 is 0 Å². The molecular formula is C14H23N5O2. The number of amides is 1. The van der Waals surface area contributed by atoms with Crippen molar-refractivity contribution < 1.29 is 9.53 Å². The standard InChI is InChI=1S/C14H23N5O2/c1-4-11-17-12(15-3)9-13(18-11)16-10(2)14(20)19-5-7-21-8-6-19/h9-10H,4-8H2,1-3H3,(H2,15,16,17,18). The summed E-state index contributed by atoms with van der Waals surface area (Å²) < 4.78 is 5.27. The topological polar surface area (TPSA) is 79.4 Å². The first-order chi connectivity index (χ1) is 10.1. The second-order valence-corrected chi connectivity index (χ2v) is 4.96. The maximum Gasteiger partial charge on any atom is 0.244 e. The molecule has 0 saturated carbocycles. The van der Waals surface area contributed by atoms with Gasteiger partial charge >= 0.3 is 0 Å². The van der Waals surface area contributed by atoms with Crippen molar-refractivity contribution in [3.8, 4) is 0 Å². The predicted octanol–water partition coefficient (Wildman–Crippen LogP) is 0.740. The molecular weight excluding hydrogens is 270 g/mol. The molecule has 1 unspecified atom stereocenters. The second-order valence-electron chi connectivity index (χ2n) is 4.96. The Morgan fingerprint density at radius 3 is 2.67 bits per heavy atom. The molecule has 1 aliphatic rings. The first kappa shape index (κ1) is 15.5. The van der Waals surface area contributed by atoms with Crippen LogP contribution < -0.4 is 10.6 Å². The Morgan fingerprint density at radius 2 is 2.05 bits per heavy atom. The molecule has 2 heterocycles. The highest BCUT2D eigenvalue weighted by atomic mass is 16.5. The van der Waals surface area contributed by atoms with Gasteiger partial charge in [0.1, 0.15) is 23.5 Å². The molecule has 1 atom stereocenters. The lowest BCUT2D eigenvalue weighted by Crippen LogP contribution is -2.47. The normalized spacial score (nSPS) is 16.4. The molecule has 0 aliphatic carbocycles. The number of rotatable bonds is 5. The monoisotopic (exact) mass is 293 g/mol. The molecule has 1 aliphatic heterocycles. The number of morpholine rings is 1. The predicted molar refractivity (Wildman–Crippen MR) is 81.4 cm³/mol. The fraction of sp³-hybridized carbons (Fsp3) is 0.643. The number of nitrogens with zero attached hydrogens (tertiary/aromatic N) is 3. The molecule has 0 radical (unpaired) electrons. The number of aromatic nitrogens is 2. The van der Waals surface area contributed by atoms with Crippen LogP contribution in [0, 0.1) is 0 Å². The Balaban J connectivity index is 2.04. The van der Waals surface area contributed by atoms with Gasteiger partial charge in [-0.05, 0) is 6.92 Å². The van der Waals surface area contributed by atoms with Gasteiger partial charge in [0.2, 0.25) is 5.91 Å². The molecule has 0 spiro atoms. The second kappa shape index (κ2) is 7.21. The molecule has 0 aromatic carbocycles. The highest BCUT2D eigenvalue weighted by Crippen LogP contribution is 2.13. The number of carbonyl (C=O) groups excluding carboxylic acids is 1. The van der Waals surface area contributed by atoms with E-state index in [4.69, 9.17) is 4.74 Å². The third kappa shape index (κ3) is 4.04. The summed E-state index contributed by atoms with van der Waals surface area (Å²) in [6.07, 6.45) is 0.746. The summed E-state index contributed by atoms with van der Waals surface area (Å²) in [5.41, 5.74) is 0. The maximum atomic E-state index is 12.4. The summed E-state index contributed by atoms with van der Waals surface area (Å²) >= 11 is 0. The van der Waals surface area contributed by atoms with Crippen LogP contribution in [-0.4, -0.2) is 60.2 Å². The van der Waals surface area contributed by atoms with Crippen LogP contribution in [0.25, 0.3) is 0 Å². The summed E-state index contributed by atoms with van der Waals surface area (Å²) in [5, 5.41) is 6.17. The summed E-state index contributed by atoms with van der Waals surface area (Å²) in [4.78, 5) is 22.9. The fourth-order valence-electron chi connectivity index (χ4n) is 2.20. The zero-order valence-corrected chi connectivity index (χ0v) is 12.8. The van der Waals surface area contributed by atoms with Gasteiger partial charge in [0.15, 0.2) is 0 Å². The zero-order chi connectivity index (χ0) is 15.2. The van der Waals surface area contributed by atoms with Crippen molar-refractivity contribution in [1.82, 2.24) is 14.9 Å². The van der Waals surface area contributed by atoms with Gasteiger partial charge in [-0.1, -0.05) is 6.92 Å². The lowest BCUT2D eigenvalue weighted by molar-refractivity contribution is -0.135. The van der Waals surface area contributed by atoms with Crippen LogP contribution in [0.4, 0.5) is 11.6 Å². The zero-order valence-electron chi connectivity index (χ0n) is 12.8. The molecule has 1 aromatic rings. The Labute approximate surface area is 125 Å². The van der Waals surface area contributed by atoms with Crippen molar-refractivity contribution >= 4 is 17.5 Å². The van der Waals surface area contributed by atoms with Crippen LogP contribution in [0.2, 0.25) is 0 Å². The van der Waals surface area contributed by atoms with Gasteiger partial charge in [-0.25, -0.2) is 9.97 Å². The van der Waals surface area contributed by atoms with Gasteiger partial charge in [0, 0.05) is 32.6 Å². The number of carbonyl (C=O) groups is 1. The van der Waals surface area contributed by atoms with Gasteiger partial charge in [-0.3, -0.25) is 4.79 Å². The molecule has 1 saturated heterocycles. The minimum absolute atomic E-state index is 0.0703. The largest absolute Gasteiger partial charge is 0.378 e. The molecule has 1 amide bonds. The van der Waals surface area contributed by atoms with Crippen LogP contribution in [0.1, 0.15) is 19.7 Å². The summed E-state index contributed by atoms with van der Waals surface area (Å²) in [6, 6.07) is 1.48. The lowest BCUT2D eigenvalue weighted by Gasteiger charge is -2.29. The molecule has 2 N–H and O–H groups in total. The Kier molecular flexibility index (Phi) is 5.32. The Morgan fingerprint density at radius 1 is 1.38 bits per heavy atom. The molecule has 2 rings (SSSR count). The molecule has 7 heteroatoms. The Hall–Kier alpha value is -1.89. The van der Waals surface area contributed by atoms with Crippen LogP contribution in [0.5, 0.6) is 0 Å². The summed E-state index contributed by atoms with van der Waals surface area (Å²) in [7, 11) is 1.81. The molecule has 116 valence electrons. The van der Waals surface area contributed by atoms with E-state index in [0.717, 1.165) is 18.1 Å². The van der Waals surface area contributed by atoms with E-state index in [2.05, 4.69) is 20.6 Å². The Bertz CT molecular complexity index is 466. The SMILES string of the molecule is CCc1nc(NC)cc(NC(C)C(=O)N2CCOCC2)n1. The maximum absolute atomic E-state index is 12.4. The summed E-state index contributed by atoms with van der Waals surface area (Å²) in [6.45, 7) is 6.37. The molecule has 21 heavy (non-hydrogen) atoms. The fourth-order valence-corrected chi connectivity index (χ4v) is 2.20. The van der Waals surface area contributed by atoms with Crippen LogP contribution in [-0.2, 0) is 16.0 Å². The average molecular weight is 293 g/mol. The van der Waals surface area contributed by atoms with E-state index >= 15 is 0 Å². The third-order valence-electron chi connectivity index (χ3n) is 3.40. The average Bonchev–Trinajstić information content (AvgIpc) is 2.54. The van der Waals surface area contributed by atoms with E-state index in [1.54, 1.807) is 0 Å². The number of ether oxygens (including phenoxy) is 1. The van der Waals surface area contributed by atoms with E-state index in [1.807, 2.05) is 31.9 Å². The van der Waals surface area contributed by atoms with E-state index in [1.165, 1.54) is 0 Å². The third-order valence-corrected chi connectivity index (χ3v) is 3.40. The van der Waals surface area contributed by atoms with Crippen LogP contribution >= 0.6 is 0 Å². The summed E-state index contributed by atoms with van der Waals surface area (Å²) in [5.74, 6) is 2.23. The first-order valence-corrected chi connectivity index (χ1v) is 7.32. The van der Waals surface area contributed by atoms with Crippen molar-refractivity contribution in [3.05, 3.63) is 11.9 Å². The number of anilines is 2. The molecule has 0 bridgehead atoms. The number of nitrogens with one attached hydrogen (secondary N) is 2. The minimum Gasteiger partial charge on any atom is -0.378 e.